The van der Waals surface area contributed by atoms with Crippen molar-refractivity contribution in [2.75, 3.05) is 12.3 Å². The van der Waals surface area contributed by atoms with Crippen LogP contribution in [0, 0.1) is 0 Å². The number of ether oxygens (including phenoxy) is 1. The quantitative estimate of drug-likeness (QED) is 0.882. The van der Waals surface area contributed by atoms with Gasteiger partial charge in [0.15, 0.2) is 0 Å². The molecule has 1 aromatic carbocycles. The van der Waals surface area contributed by atoms with Crippen molar-refractivity contribution >= 4 is 5.69 Å². The van der Waals surface area contributed by atoms with Crippen molar-refractivity contribution in [2.24, 2.45) is 0 Å². The zero-order valence-corrected chi connectivity index (χ0v) is 10.8. The summed E-state index contributed by atoms with van der Waals surface area (Å²) in [4.78, 5) is 12.1. The van der Waals surface area contributed by atoms with Crippen LogP contribution in [0.5, 0.6) is 5.75 Å². The summed E-state index contributed by atoms with van der Waals surface area (Å²) < 4.78 is 6.88. The topological polar surface area (TPSA) is 73.0 Å². The van der Waals surface area contributed by atoms with Crippen molar-refractivity contribution < 1.29 is 4.74 Å². The van der Waals surface area contributed by atoms with Crippen LogP contribution in [-0.2, 0) is 0 Å². The summed E-state index contributed by atoms with van der Waals surface area (Å²) >= 11 is 0. The van der Waals surface area contributed by atoms with Gasteiger partial charge in [0, 0.05) is 5.92 Å². The van der Waals surface area contributed by atoms with Crippen LogP contribution in [0.25, 0.3) is 5.69 Å². The Morgan fingerprint density at radius 3 is 2.63 bits per heavy atom. The Hall–Kier alpha value is -2.17. The highest BCUT2D eigenvalue weighted by molar-refractivity contribution is 5.48. The van der Waals surface area contributed by atoms with E-state index in [1.165, 1.54) is 4.68 Å². The summed E-state index contributed by atoms with van der Waals surface area (Å²) in [6, 6.07) is 7.39. The summed E-state index contributed by atoms with van der Waals surface area (Å²) in [6.45, 7) is 2.56. The molecule has 5 heteroatoms. The van der Waals surface area contributed by atoms with Gasteiger partial charge in [0.1, 0.15) is 11.4 Å². The molecule has 1 heterocycles. The van der Waals surface area contributed by atoms with E-state index in [0.29, 0.717) is 18.2 Å². The van der Waals surface area contributed by atoms with Crippen molar-refractivity contribution in [3.05, 3.63) is 40.3 Å². The lowest BCUT2D eigenvalue weighted by Gasteiger charge is -2.05. The van der Waals surface area contributed by atoms with Crippen LogP contribution in [0.4, 0.5) is 5.69 Å². The second-order valence-corrected chi connectivity index (χ2v) is 4.78. The molecule has 1 fully saturated rings. The minimum atomic E-state index is -0.175. The summed E-state index contributed by atoms with van der Waals surface area (Å²) in [7, 11) is 0. The molecule has 0 spiro atoms. The van der Waals surface area contributed by atoms with E-state index in [9.17, 15) is 4.79 Å². The van der Waals surface area contributed by atoms with Gasteiger partial charge in [-0.25, -0.2) is 4.68 Å². The lowest BCUT2D eigenvalue weighted by molar-refractivity contribution is 0.340. The number of nitrogens with one attached hydrogen (secondary N) is 1. The highest BCUT2D eigenvalue weighted by Crippen LogP contribution is 2.40. The Labute approximate surface area is 111 Å². The molecule has 5 nitrogen and oxygen atoms in total. The third kappa shape index (κ3) is 2.12. The van der Waals surface area contributed by atoms with E-state index in [2.05, 4.69) is 5.10 Å². The van der Waals surface area contributed by atoms with Gasteiger partial charge in [-0.15, -0.1) is 0 Å². The molecule has 100 valence electrons. The number of H-pyrrole nitrogens is 1. The zero-order chi connectivity index (χ0) is 13.4. The molecule has 0 unspecified atom stereocenters. The van der Waals surface area contributed by atoms with Crippen molar-refractivity contribution in [2.45, 2.75) is 25.7 Å². The maximum Gasteiger partial charge on any atom is 0.294 e. The number of hydrogen-bond donors (Lipinski definition) is 2. The number of rotatable bonds is 4. The van der Waals surface area contributed by atoms with Gasteiger partial charge in [-0.05, 0) is 44.0 Å². The molecule has 0 amide bonds. The molecule has 0 aliphatic heterocycles. The molecule has 2 aromatic rings. The average Bonchev–Trinajstić information content (AvgIpc) is 3.21. The van der Waals surface area contributed by atoms with Crippen molar-refractivity contribution in [1.29, 1.82) is 0 Å². The first kappa shape index (κ1) is 11.9. The van der Waals surface area contributed by atoms with Crippen LogP contribution in [0.1, 0.15) is 31.4 Å². The Balaban J connectivity index is 1.97. The Kier molecular flexibility index (Phi) is 2.81. The van der Waals surface area contributed by atoms with Gasteiger partial charge in [0.2, 0.25) is 0 Å². The van der Waals surface area contributed by atoms with Crippen molar-refractivity contribution in [3.63, 3.8) is 0 Å². The van der Waals surface area contributed by atoms with E-state index >= 15 is 0 Å². The first-order chi connectivity index (χ1) is 9.20. The molecule has 3 rings (SSSR count). The number of aromatic amines is 1. The number of hydrogen-bond acceptors (Lipinski definition) is 3. The Morgan fingerprint density at radius 2 is 2.05 bits per heavy atom. The maximum absolute atomic E-state index is 12.1. The molecule has 19 heavy (non-hydrogen) atoms. The molecule has 0 radical (unpaired) electrons. The van der Waals surface area contributed by atoms with E-state index in [0.717, 1.165) is 30.0 Å². The normalized spacial score (nSPS) is 14.6. The number of benzene rings is 1. The molecule has 0 bridgehead atoms. The van der Waals surface area contributed by atoms with Crippen LogP contribution >= 0.6 is 0 Å². The molecule has 3 N–H and O–H groups in total. The Bertz CT molecular complexity index is 636. The molecule has 1 aliphatic carbocycles. The third-order valence-corrected chi connectivity index (χ3v) is 3.35. The minimum absolute atomic E-state index is 0.175. The fraction of sp³-hybridized carbons (Fsp3) is 0.357. The third-order valence-electron chi connectivity index (χ3n) is 3.35. The first-order valence-electron chi connectivity index (χ1n) is 6.54. The van der Waals surface area contributed by atoms with E-state index in [4.69, 9.17) is 10.5 Å². The van der Waals surface area contributed by atoms with Crippen LogP contribution in [0.3, 0.4) is 0 Å². The summed E-state index contributed by atoms with van der Waals surface area (Å²) in [5.74, 6) is 1.22. The summed E-state index contributed by atoms with van der Waals surface area (Å²) in [6.07, 6.45) is 2.21. The standard InChI is InChI=1S/C14H17N3O2/c1-2-19-11-7-5-10(6-8-11)17-14(18)12(15)13(16-17)9-3-4-9/h5-9,16H,2-4,15H2,1H3. The second kappa shape index (κ2) is 4.50. The fourth-order valence-corrected chi connectivity index (χ4v) is 2.19. The Morgan fingerprint density at radius 1 is 1.37 bits per heavy atom. The largest absolute Gasteiger partial charge is 0.494 e. The molecule has 1 aliphatic rings. The number of nitrogens with zero attached hydrogens (tertiary/aromatic N) is 1. The minimum Gasteiger partial charge on any atom is -0.494 e. The van der Waals surface area contributed by atoms with Gasteiger partial charge >= 0.3 is 0 Å². The van der Waals surface area contributed by atoms with Gasteiger partial charge in [0.05, 0.1) is 18.0 Å². The number of anilines is 1. The van der Waals surface area contributed by atoms with Gasteiger partial charge in [-0.1, -0.05) is 0 Å². The first-order valence-corrected chi connectivity index (χ1v) is 6.54. The smallest absolute Gasteiger partial charge is 0.294 e. The molecule has 0 atom stereocenters. The van der Waals surface area contributed by atoms with Gasteiger partial charge in [-0.2, -0.15) is 0 Å². The predicted molar refractivity (Wildman–Crippen MR) is 73.9 cm³/mol. The van der Waals surface area contributed by atoms with Crippen LogP contribution in [-0.4, -0.2) is 16.4 Å². The fourth-order valence-electron chi connectivity index (χ4n) is 2.19. The van der Waals surface area contributed by atoms with E-state index in [1.54, 1.807) is 0 Å². The molecular formula is C14H17N3O2. The lowest BCUT2D eigenvalue weighted by Crippen LogP contribution is -2.16. The monoisotopic (exact) mass is 259 g/mol. The molecule has 1 saturated carbocycles. The van der Waals surface area contributed by atoms with E-state index in [-0.39, 0.29) is 5.56 Å². The average molecular weight is 259 g/mol. The SMILES string of the molecule is CCOc1ccc(-n2[nH]c(C3CC3)c(N)c2=O)cc1. The zero-order valence-electron chi connectivity index (χ0n) is 10.8. The maximum atomic E-state index is 12.1. The summed E-state index contributed by atoms with van der Waals surface area (Å²) in [5, 5.41) is 3.12. The molecular weight excluding hydrogens is 242 g/mol. The van der Waals surface area contributed by atoms with Crippen molar-refractivity contribution in [1.82, 2.24) is 9.78 Å². The molecule has 1 aromatic heterocycles. The van der Waals surface area contributed by atoms with Gasteiger partial charge < -0.3 is 10.5 Å². The van der Waals surface area contributed by atoms with Crippen molar-refractivity contribution in [3.8, 4) is 11.4 Å². The predicted octanol–water partition coefficient (Wildman–Crippen LogP) is 2.02. The van der Waals surface area contributed by atoms with Crippen LogP contribution in [0.15, 0.2) is 29.1 Å². The lowest BCUT2D eigenvalue weighted by atomic mass is 10.2. The second-order valence-electron chi connectivity index (χ2n) is 4.78. The molecule has 0 saturated heterocycles. The van der Waals surface area contributed by atoms with E-state index in [1.807, 2.05) is 31.2 Å². The summed E-state index contributed by atoms with van der Waals surface area (Å²) in [5.41, 5.74) is 7.68. The number of nitrogen functional groups attached to an aromatic ring is 1. The highest BCUT2D eigenvalue weighted by atomic mass is 16.5. The van der Waals surface area contributed by atoms with Crippen LogP contribution < -0.4 is 16.0 Å². The van der Waals surface area contributed by atoms with Gasteiger partial charge in [0.25, 0.3) is 5.56 Å². The van der Waals surface area contributed by atoms with Gasteiger partial charge in [-0.3, -0.25) is 9.89 Å². The number of aromatic nitrogens is 2. The number of nitrogens with two attached hydrogens (primary N) is 1. The highest BCUT2D eigenvalue weighted by Gasteiger charge is 2.29. The van der Waals surface area contributed by atoms with E-state index < -0.39 is 0 Å². The van der Waals surface area contributed by atoms with Crippen LogP contribution in [0.2, 0.25) is 0 Å².